The Morgan fingerprint density at radius 1 is 1.30 bits per heavy atom. The number of aromatic hydroxyl groups is 1. The van der Waals surface area contributed by atoms with Gasteiger partial charge in [-0.25, -0.2) is 5.43 Å². The van der Waals surface area contributed by atoms with Crippen LogP contribution in [0.1, 0.15) is 15.9 Å². The maximum absolute atomic E-state index is 11.9. The lowest BCUT2D eigenvalue weighted by atomic mass is 10.2. The van der Waals surface area contributed by atoms with Crippen LogP contribution in [0.15, 0.2) is 35.4 Å². The van der Waals surface area contributed by atoms with Gasteiger partial charge in [-0.05, 0) is 58.5 Å². The summed E-state index contributed by atoms with van der Waals surface area (Å²) in [4.78, 5) is 11.9. The molecule has 0 saturated heterocycles. The number of phenols is 1. The molecule has 0 unspecified atom stereocenters. The second kappa shape index (κ2) is 7.85. The molecule has 0 heterocycles. The molecule has 2 rings (SSSR count). The van der Waals surface area contributed by atoms with E-state index in [1.165, 1.54) is 25.5 Å². The Morgan fingerprint density at radius 2 is 2.04 bits per heavy atom. The van der Waals surface area contributed by atoms with Gasteiger partial charge >= 0.3 is 0 Å². The molecule has 0 aliphatic carbocycles. The standard InChI is InChI=1S/C15H11Cl2IN2O3/c1-23-13-5-8(4-12(18)14(13)21)7-19-20-15(22)9-2-3-10(16)11(17)6-9/h2-7,21H,1H3,(H,20,22)/b19-7-. The zero-order valence-electron chi connectivity index (χ0n) is 11.8. The minimum absolute atomic E-state index is 0.0603. The number of hydrogen-bond donors (Lipinski definition) is 2. The Kier molecular flexibility index (Phi) is 6.09. The molecule has 2 aromatic rings. The van der Waals surface area contributed by atoms with E-state index in [9.17, 15) is 9.90 Å². The monoisotopic (exact) mass is 464 g/mol. The quantitative estimate of drug-likeness (QED) is 0.407. The highest BCUT2D eigenvalue weighted by Crippen LogP contribution is 2.31. The molecule has 0 aliphatic rings. The molecule has 0 bridgehead atoms. The second-order valence-corrected chi connectivity index (χ2v) is 6.36. The van der Waals surface area contributed by atoms with Crippen molar-refractivity contribution in [2.75, 3.05) is 7.11 Å². The first-order valence-electron chi connectivity index (χ1n) is 6.27. The Hall–Kier alpha value is -1.51. The number of nitrogens with one attached hydrogen (secondary N) is 1. The molecule has 0 atom stereocenters. The number of ether oxygens (including phenoxy) is 1. The van der Waals surface area contributed by atoms with Gasteiger partial charge in [0.15, 0.2) is 11.5 Å². The average molecular weight is 465 g/mol. The summed E-state index contributed by atoms with van der Waals surface area (Å²) in [6.07, 6.45) is 1.44. The van der Waals surface area contributed by atoms with Gasteiger partial charge in [-0.2, -0.15) is 5.10 Å². The molecule has 0 saturated carbocycles. The number of carbonyl (C=O) groups is 1. The highest BCUT2D eigenvalue weighted by Gasteiger charge is 2.09. The van der Waals surface area contributed by atoms with Crippen molar-refractivity contribution >= 4 is 57.9 Å². The van der Waals surface area contributed by atoms with Crippen LogP contribution >= 0.6 is 45.8 Å². The van der Waals surface area contributed by atoms with Crippen molar-refractivity contribution in [1.29, 1.82) is 0 Å². The summed E-state index contributed by atoms with van der Waals surface area (Å²) < 4.78 is 5.67. The summed E-state index contributed by atoms with van der Waals surface area (Å²) in [6, 6.07) is 7.85. The van der Waals surface area contributed by atoms with Gasteiger partial charge in [0, 0.05) is 5.56 Å². The molecule has 0 aliphatic heterocycles. The molecule has 0 fully saturated rings. The molecule has 0 aromatic heterocycles. The van der Waals surface area contributed by atoms with Crippen LogP contribution in [-0.4, -0.2) is 24.3 Å². The fourth-order valence-corrected chi connectivity index (χ4v) is 2.61. The normalized spacial score (nSPS) is 10.8. The van der Waals surface area contributed by atoms with E-state index < -0.39 is 5.91 Å². The fourth-order valence-electron chi connectivity index (χ4n) is 1.69. The van der Waals surface area contributed by atoms with Crippen LogP contribution in [0.2, 0.25) is 10.0 Å². The van der Waals surface area contributed by atoms with E-state index in [0.29, 0.717) is 30.5 Å². The number of hydrazone groups is 1. The van der Waals surface area contributed by atoms with Crippen LogP contribution in [0.5, 0.6) is 11.5 Å². The van der Waals surface area contributed by atoms with Gasteiger partial charge in [0.1, 0.15) is 0 Å². The fraction of sp³-hybridized carbons (Fsp3) is 0.0667. The number of amides is 1. The first-order valence-corrected chi connectivity index (χ1v) is 8.10. The number of halogens is 3. The van der Waals surface area contributed by atoms with E-state index in [4.69, 9.17) is 27.9 Å². The van der Waals surface area contributed by atoms with E-state index >= 15 is 0 Å². The Morgan fingerprint density at radius 3 is 2.70 bits per heavy atom. The molecule has 5 nitrogen and oxygen atoms in total. The van der Waals surface area contributed by atoms with Crippen LogP contribution in [0.25, 0.3) is 0 Å². The van der Waals surface area contributed by atoms with E-state index in [1.54, 1.807) is 18.2 Å². The summed E-state index contributed by atoms with van der Waals surface area (Å²) in [6.45, 7) is 0. The molecular formula is C15H11Cl2IN2O3. The smallest absolute Gasteiger partial charge is 0.271 e. The third-order valence-corrected chi connectivity index (χ3v) is 4.39. The summed E-state index contributed by atoms with van der Waals surface area (Å²) in [5, 5.41) is 14.3. The third kappa shape index (κ3) is 4.49. The summed E-state index contributed by atoms with van der Waals surface area (Å²) >= 11 is 13.6. The largest absolute Gasteiger partial charge is 0.504 e. The molecule has 120 valence electrons. The summed E-state index contributed by atoms with van der Waals surface area (Å²) in [7, 11) is 1.46. The lowest BCUT2D eigenvalue weighted by Crippen LogP contribution is -2.17. The maximum atomic E-state index is 11.9. The van der Waals surface area contributed by atoms with Crippen molar-refractivity contribution in [3.8, 4) is 11.5 Å². The zero-order valence-corrected chi connectivity index (χ0v) is 15.5. The van der Waals surface area contributed by atoms with E-state index in [-0.39, 0.29) is 5.75 Å². The Balaban J connectivity index is 2.10. The topological polar surface area (TPSA) is 70.9 Å². The van der Waals surface area contributed by atoms with E-state index in [2.05, 4.69) is 10.5 Å². The van der Waals surface area contributed by atoms with Crippen LogP contribution in [-0.2, 0) is 0 Å². The predicted octanol–water partition coefficient (Wildman–Crippen LogP) is 4.08. The number of hydrogen-bond acceptors (Lipinski definition) is 4. The van der Waals surface area contributed by atoms with Gasteiger partial charge < -0.3 is 9.84 Å². The van der Waals surface area contributed by atoms with Crippen LogP contribution < -0.4 is 10.2 Å². The first-order chi connectivity index (χ1) is 10.9. The molecule has 8 heteroatoms. The van der Waals surface area contributed by atoms with Gasteiger partial charge in [0.25, 0.3) is 5.91 Å². The third-order valence-electron chi connectivity index (χ3n) is 2.83. The SMILES string of the molecule is COc1cc(/C=N\NC(=O)c2ccc(Cl)c(Cl)c2)cc(I)c1O. The highest BCUT2D eigenvalue weighted by atomic mass is 127. The van der Waals surface area contributed by atoms with Crippen molar-refractivity contribution < 1.29 is 14.6 Å². The second-order valence-electron chi connectivity index (χ2n) is 4.38. The van der Waals surface area contributed by atoms with Gasteiger partial charge in [-0.1, -0.05) is 23.2 Å². The minimum Gasteiger partial charge on any atom is -0.504 e. The number of methoxy groups -OCH3 is 1. The maximum Gasteiger partial charge on any atom is 0.271 e. The van der Waals surface area contributed by atoms with E-state index in [1.807, 2.05) is 22.6 Å². The molecule has 0 spiro atoms. The van der Waals surface area contributed by atoms with Crippen LogP contribution in [0, 0.1) is 3.57 Å². The van der Waals surface area contributed by atoms with Gasteiger partial charge in [0.2, 0.25) is 0 Å². The van der Waals surface area contributed by atoms with Crippen LogP contribution in [0.3, 0.4) is 0 Å². The van der Waals surface area contributed by atoms with Crippen LogP contribution in [0.4, 0.5) is 0 Å². The Bertz CT molecular complexity index is 782. The minimum atomic E-state index is -0.416. The average Bonchev–Trinajstić information content (AvgIpc) is 2.53. The number of nitrogens with zero attached hydrogens (tertiary/aromatic N) is 1. The highest BCUT2D eigenvalue weighted by molar-refractivity contribution is 14.1. The van der Waals surface area contributed by atoms with Crippen molar-refractivity contribution in [3.63, 3.8) is 0 Å². The molecule has 23 heavy (non-hydrogen) atoms. The molecule has 1 amide bonds. The first kappa shape index (κ1) is 17.8. The lowest BCUT2D eigenvalue weighted by molar-refractivity contribution is 0.0955. The van der Waals surface area contributed by atoms with Gasteiger partial charge in [-0.3, -0.25) is 4.79 Å². The van der Waals surface area contributed by atoms with Crippen molar-refractivity contribution in [2.45, 2.75) is 0 Å². The number of phenolic OH excluding ortho intramolecular Hbond substituents is 1. The van der Waals surface area contributed by atoms with Gasteiger partial charge in [-0.15, -0.1) is 0 Å². The lowest BCUT2D eigenvalue weighted by Gasteiger charge is -2.06. The zero-order chi connectivity index (χ0) is 17.0. The number of carbonyl (C=O) groups excluding carboxylic acids is 1. The molecular weight excluding hydrogens is 454 g/mol. The number of benzene rings is 2. The van der Waals surface area contributed by atoms with Crippen molar-refractivity contribution in [1.82, 2.24) is 5.43 Å². The van der Waals surface area contributed by atoms with Crippen molar-refractivity contribution in [2.24, 2.45) is 5.10 Å². The predicted molar refractivity (Wildman–Crippen MR) is 98.9 cm³/mol. The van der Waals surface area contributed by atoms with Crippen molar-refractivity contribution in [3.05, 3.63) is 55.1 Å². The summed E-state index contributed by atoms with van der Waals surface area (Å²) in [5.41, 5.74) is 3.40. The van der Waals surface area contributed by atoms with Gasteiger partial charge in [0.05, 0.1) is 26.9 Å². The molecule has 0 radical (unpaired) electrons. The molecule has 2 N–H and O–H groups in total. The number of rotatable bonds is 4. The van der Waals surface area contributed by atoms with E-state index in [0.717, 1.165) is 0 Å². The Labute approximate surface area is 156 Å². The summed E-state index contributed by atoms with van der Waals surface area (Å²) in [5.74, 6) is -0.0282. The molecule has 2 aromatic carbocycles.